The average Bonchev–Trinajstić information content (AvgIpc) is 2.73. The number of aromatic hydroxyl groups is 1. The molecule has 2 aromatic rings. The number of piperidine rings is 2. The zero-order valence-electron chi connectivity index (χ0n) is 17.1. The number of nitrogens with zero attached hydrogens (tertiary/aromatic N) is 3. The quantitative estimate of drug-likeness (QED) is 0.815. The van der Waals surface area contributed by atoms with Crippen LogP contribution in [0.5, 0.6) is 5.75 Å². The van der Waals surface area contributed by atoms with Gasteiger partial charge in [-0.3, -0.25) is 14.7 Å². The Balaban J connectivity index is 1.53. The number of likely N-dealkylation sites (N-methyl/N-ethyl adjacent to an activating group) is 1. The van der Waals surface area contributed by atoms with Gasteiger partial charge < -0.3 is 15.3 Å². The monoisotopic (exact) mass is 394 g/mol. The highest BCUT2D eigenvalue weighted by atomic mass is 16.3. The van der Waals surface area contributed by atoms with Crippen LogP contribution in [0, 0.1) is 5.41 Å². The first kappa shape index (κ1) is 19.9. The van der Waals surface area contributed by atoms with Crippen LogP contribution in [0.4, 0.5) is 0 Å². The molecule has 0 unspecified atom stereocenters. The van der Waals surface area contributed by atoms with Crippen LogP contribution >= 0.6 is 0 Å². The van der Waals surface area contributed by atoms with Gasteiger partial charge in [0.25, 0.3) is 0 Å². The Labute approximate surface area is 172 Å². The smallest absolute Gasteiger partial charge is 0.228 e. The lowest BCUT2D eigenvalue weighted by atomic mass is 9.67. The fourth-order valence-corrected chi connectivity index (χ4v) is 4.94. The number of amides is 1. The molecule has 1 aromatic carbocycles. The van der Waals surface area contributed by atoms with Crippen LogP contribution in [0.25, 0.3) is 0 Å². The standard InChI is InChI=1S/C23H30N4O2/c1-26-13-9-23(22(29)25-15-18-6-10-24-11-7-18)8-3-12-27(21(23)17-26)16-19-4-2-5-20(28)14-19/h2,4-7,10-11,14,21,28H,3,8-9,12-13,15-17H2,1H3,(H,25,29)/t21-,23+/m0/s1. The van der Waals surface area contributed by atoms with E-state index in [9.17, 15) is 9.90 Å². The summed E-state index contributed by atoms with van der Waals surface area (Å²) in [5.74, 6) is 0.467. The molecule has 154 valence electrons. The minimum atomic E-state index is -0.353. The van der Waals surface area contributed by atoms with Crippen molar-refractivity contribution >= 4 is 5.91 Å². The number of nitrogens with one attached hydrogen (secondary N) is 1. The number of carbonyl (C=O) groups excluding carboxylic acids is 1. The Morgan fingerprint density at radius 1 is 1.21 bits per heavy atom. The highest BCUT2D eigenvalue weighted by Gasteiger charge is 2.52. The second kappa shape index (κ2) is 8.51. The summed E-state index contributed by atoms with van der Waals surface area (Å²) < 4.78 is 0. The predicted molar refractivity (Wildman–Crippen MR) is 112 cm³/mol. The molecule has 2 aliphatic rings. The molecule has 2 saturated heterocycles. The maximum atomic E-state index is 13.5. The first-order valence-corrected chi connectivity index (χ1v) is 10.4. The van der Waals surface area contributed by atoms with Gasteiger partial charge in [0, 0.05) is 38.1 Å². The number of hydrogen-bond acceptors (Lipinski definition) is 5. The summed E-state index contributed by atoms with van der Waals surface area (Å²) in [5.41, 5.74) is 1.81. The van der Waals surface area contributed by atoms with Gasteiger partial charge in [-0.2, -0.15) is 0 Å². The molecule has 6 heteroatoms. The molecule has 0 aliphatic carbocycles. The largest absolute Gasteiger partial charge is 0.508 e. The Morgan fingerprint density at radius 2 is 2.03 bits per heavy atom. The molecule has 4 rings (SSSR count). The highest BCUT2D eigenvalue weighted by molar-refractivity contribution is 5.84. The first-order valence-electron chi connectivity index (χ1n) is 10.4. The Bertz CT molecular complexity index is 844. The minimum Gasteiger partial charge on any atom is -0.508 e. The summed E-state index contributed by atoms with van der Waals surface area (Å²) in [6, 6.07) is 11.5. The second-order valence-electron chi connectivity index (χ2n) is 8.47. The van der Waals surface area contributed by atoms with Crippen molar-refractivity contribution in [1.82, 2.24) is 20.1 Å². The predicted octanol–water partition coefficient (Wildman–Crippen LogP) is 2.39. The van der Waals surface area contributed by atoms with Gasteiger partial charge in [0.15, 0.2) is 0 Å². The van der Waals surface area contributed by atoms with E-state index in [1.165, 1.54) is 0 Å². The van der Waals surface area contributed by atoms with E-state index in [1.807, 2.05) is 30.3 Å². The van der Waals surface area contributed by atoms with Crippen molar-refractivity contribution in [2.75, 3.05) is 26.7 Å². The van der Waals surface area contributed by atoms with Crippen LogP contribution in [0.2, 0.25) is 0 Å². The molecule has 2 N–H and O–H groups in total. The van der Waals surface area contributed by atoms with E-state index in [0.717, 1.165) is 56.6 Å². The third-order valence-electron chi connectivity index (χ3n) is 6.52. The fourth-order valence-electron chi connectivity index (χ4n) is 4.94. The molecule has 29 heavy (non-hydrogen) atoms. The highest BCUT2D eigenvalue weighted by Crippen LogP contribution is 2.43. The molecule has 2 fully saturated rings. The number of likely N-dealkylation sites (tertiary alicyclic amines) is 2. The lowest BCUT2D eigenvalue weighted by Gasteiger charge is -2.53. The Kier molecular flexibility index (Phi) is 5.83. The Hall–Kier alpha value is -2.44. The van der Waals surface area contributed by atoms with E-state index in [-0.39, 0.29) is 17.4 Å². The number of phenols is 1. The van der Waals surface area contributed by atoms with Gasteiger partial charge in [0.1, 0.15) is 5.75 Å². The van der Waals surface area contributed by atoms with Crippen LogP contribution in [0.15, 0.2) is 48.8 Å². The van der Waals surface area contributed by atoms with Gasteiger partial charge >= 0.3 is 0 Å². The number of fused-ring (bicyclic) bond motifs is 1. The van der Waals surface area contributed by atoms with E-state index in [4.69, 9.17) is 0 Å². The first-order chi connectivity index (χ1) is 14.1. The van der Waals surface area contributed by atoms with Crippen molar-refractivity contribution in [3.05, 3.63) is 59.9 Å². The van der Waals surface area contributed by atoms with Crippen molar-refractivity contribution in [3.63, 3.8) is 0 Å². The number of hydrogen-bond donors (Lipinski definition) is 2. The summed E-state index contributed by atoms with van der Waals surface area (Å²) >= 11 is 0. The molecular formula is C23H30N4O2. The number of rotatable bonds is 5. The molecule has 6 nitrogen and oxygen atoms in total. The van der Waals surface area contributed by atoms with Crippen molar-refractivity contribution < 1.29 is 9.90 Å². The summed E-state index contributed by atoms with van der Waals surface area (Å²) in [4.78, 5) is 22.3. The van der Waals surface area contributed by atoms with Gasteiger partial charge in [0.05, 0.1) is 5.41 Å². The van der Waals surface area contributed by atoms with Crippen LogP contribution < -0.4 is 5.32 Å². The van der Waals surface area contributed by atoms with Crippen molar-refractivity contribution in [1.29, 1.82) is 0 Å². The van der Waals surface area contributed by atoms with Crippen molar-refractivity contribution in [2.45, 2.75) is 38.4 Å². The van der Waals surface area contributed by atoms with Gasteiger partial charge in [0.2, 0.25) is 5.91 Å². The van der Waals surface area contributed by atoms with Crippen molar-refractivity contribution in [2.24, 2.45) is 5.41 Å². The average molecular weight is 395 g/mol. The Morgan fingerprint density at radius 3 is 2.83 bits per heavy atom. The molecular weight excluding hydrogens is 364 g/mol. The number of aromatic nitrogens is 1. The molecule has 2 aliphatic heterocycles. The SMILES string of the molecule is CN1CC[C@]2(C(=O)NCc3ccncc3)CCCN(Cc3cccc(O)c3)[C@H]2C1. The number of pyridine rings is 1. The fraction of sp³-hybridized carbons (Fsp3) is 0.478. The number of carbonyl (C=O) groups is 1. The van der Waals surface area contributed by atoms with E-state index in [0.29, 0.717) is 12.3 Å². The molecule has 2 atom stereocenters. The zero-order chi connectivity index (χ0) is 20.3. The molecule has 1 aromatic heterocycles. The van der Waals surface area contributed by atoms with Gasteiger partial charge in [-0.15, -0.1) is 0 Å². The third kappa shape index (κ3) is 4.28. The summed E-state index contributed by atoms with van der Waals surface area (Å²) in [5, 5.41) is 13.1. The number of phenolic OH excluding ortho intramolecular Hbond substituents is 1. The summed E-state index contributed by atoms with van der Waals surface area (Å²) in [7, 11) is 2.14. The van der Waals surface area contributed by atoms with E-state index >= 15 is 0 Å². The molecule has 0 radical (unpaired) electrons. The number of benzene rings is 1. The van der Waals surface area contributed by atoms with Crippen LogP contribution in [-0.2, 0) is 17.9 Å². The molecule has 0 spiro atoms. The molecule has 1 amide bonds. The third-order valence-corrected chi connectivity index (χ3v) is 6.52. The summed E-state index contributed by atoms with van der Waals surface area (Å²) in [6.45, 7) is 4.11. The topological polar surface area (TPSA) is 68.7 Å². The van der Waals surface area contributed by atoms with Gasteiger partial charge in [-0.1, -0.05) is 12.1 Å². The normalized spacial score (nSPS) is 25.3. The van der Waals surface area contributed by atoms with Crippen LogP contribution in [-0.4, -0.2) is 58.5 Å². The maximum Gasteiger partial charge on any atom is 0.228 e. The lowest BCUT2D eigenvalue weighted by Crippen LogP contribution is -2.65. The van der Waals surface area contributed by atoms with E-state index < -0.39 is 0 Å². The second-order valence-corrected chi connectivity index (χ2v) is 8.47. The molecule has 3 heterocycles. The van der Waals surface area contributed by atoms with E-state index in [1.54, 1.807) is 18.5 Å². The zero-order valence-corrected chi connectivity index (χ0v) is 17.1. The van der Waals surface area contributed by atoms with Gasteiger partial charge in [-0.05, 0) is 74.8 Å². The van der Waals surface area contributed by atoms with E-state index in [2.05, 4.69) is 27.1 Å². The summed E-state index contributed by atoms with van der Waals surface area (Å²) in [6.07, 6.45) is 6.35. The van der Waals surface area contributed by atoms with Crippen molar-refractivity contribution in [3.8, 4) is 5.75 Å². The maximum absolute atomic E-state index is 13.5. The molecule has 0 bridgehead atoms. The van der Waals surface area contributed by atoms with Gasteiger partial charge in [-0.25, -0.2) is 0 Å². The van der Waals surface area contributed by atoms with Crippen LogP contribution in [0.1, 0.15) is 30.4 Å². The molecule has 0 saturated carbocycles. The van der Waals surface area contributed by atoms with Crippen LogP contribution in [0.3, 0.4) is 0 Å². The lowest BCUT2D eigenvalue weighted by molar-refractivity contribution is -0.145. The minimum absolute atomic E-state index is 0.174.